The van der Waals surface area contributed by atoms with E-state index in [2.05, 4.69) is 10.3 Å². The molecule has 0 radical (unpaired) electrons. The summed E-state index contributed by atoms with van der Waals surface area (Å²) in [6, 6.07) is 7.19. The molecular weight excluding hydrogens is 242 g/mol. The van der Waals surface area contributed by atoms with Gasteiger partial charge in [0.15, 0.2) is 0 Å². The molecular formula is C14H19N3O2. The standard InChI is InChI=1S/C14H19N3O2/c1-3-8-15-12(14(18)19)9-17-10(2)16-11-6-4-5-7-13(11)17/h4-7,12,15H,3,8-9H2,1-2H3,(H,18,19). The molecule has 0 aliphatic carbocycles. The molecule has 5 nitrogen and oxygen atoms in total. The second kappa shape index (κ2) is 5.84. The number of nitrogens with zero attached hydrogens (tertiary/aromatic N) is 2. The van der Waals surface area contributed by atoms with Crippen molar-refractivity contribution in [2.45, 2.75) is 32.9 Å². The summed E-state index contributed by atoms with van der Waals surface area (Å²) in [6.45, 7) is 5.01. The molecule has 0 fully saturated rings. The van der Waals surface area contributed by atoms with Gasteiger partial charge in [-0.2, -0.15) is 0 Å². The molecule has 102 valence electrons. The summed E-state index contributed by atoms with van der Waals surface area (Å²) in [5.74, 6) is 0.0105. The minimum absolute atomic E-state index is 0.391. The summed E-state index contributed by atoms with van der Waals surface area (Å²) < 4.78 is 1.96. The molecule has 1 heterocycles. The smallest absolute Gasteiger partial charge is 0.322 e. The Morgan fingerprint density at radius 3 is 2.89 bits per heavy atom. The molecule has 0 saturated heterocycles. The van der Waals surface area contributed by atoms with Crippen molar-refractivity contribution in [1.82, 2.24) is 14.9 Å². The van der Waals surface area contributed by atoms with Crippen LogP contribution in [0.2, 0.25) is 0 Å². The van der Waals surface area contributed by atoms with Crippen LogP contribution in [-0.2, 0) is 11.3 Å². The lowest BCUT2D eigenvalue weighted by molar-refractivity contribution is -0.139. The van der Waals surface area contributed by atoms with Crippen LogP contribution in [0.4, 0.5) is 0 Å². The number of fused-ring (bicyclic) bond motifs is 1. The van der Waals surface area contributed by atoms with Gasteiger partial charge < -0.3 is 15.0 Å². The molecule has 19 heavy (non-hydrogen) atoms. The number of aromatic nitrogens is 2. The molecule has 0 aliphatic heterocycles. The first-order chi connectivity index (χ1) is 9.13. The largest absolute Gasteiger partial charge is 0.480 e. The zero-order valence-electron chi connectivity index (χ0n) is 11.3. The maximum absolute atomic E-state index is 11.3. The number of carboxylic acids is 1. The van der Waals surface area contributed by atoms with Gasteiger partial charge in [-0.3, -0.25) is 4.79 Å². The van der Waals surface area contributed by atoms with Gasteiger partial charge in [0.25, 0.3) is 0 Å². The van der Waals surface area contributed by atoms with Gasteiger partial charge in [0, 0.05) is 0 Å². The molecule has 1 aromatic carbocycles. The van der Waals surface area contributed by atoms with Crippen LogP contribution in [0.1, 0.15) is 19.2 Å². The van der Waals surface area contributed by atoms with Gasteiger partial charge >= 0.3 is 5.97 Å². The summed E-state index contributed by atoms with van der Waals surface area (Å²) in [5, 5.41) is 12.3. The summed E-state index contributed by atoms with van der Waals surface area (Å²) in [6.07, 6.45) is 0.910. The van der Waals surface area contributed by atoms with E-state index in [0.717, 1.165) is 23.3 Å². The third-order valence-electron chi connectivity index (χ3n) is 3.15. The van der Waals surface area contributed by atoms with Gasteiger partial charge in [-0.05, 0) is 32.0 Å². The summed E-state index contributed by atoms with van der Waals surface area (Å²) in [7, 11) is 0. The molecule has 0 amide bonds. The summed E-state index contributed by atoms with van der Waals surface area (Å²) >= 11 is 0. The number of aryl methyl sites for hydroxylation is 1. The van der Waals surface area contributed by atoms with Crippen molar-refractivity contribution in [2.24, 2.45) is 0 Å². The molecule has 2 aromatic rings. The third kappa shape index (κ3) is 2.93. The summed E-state index contributed by atoms with van der Waals surface area (Å²) in [5.41, 5.74) is 1.88. The van der Waals surface area contributed by atoms with Crippen molar-refractivity contribution in [3.05, 3.63) is 30.1 Å². The number of rotatable bonds is 6. The van der Waals surface area contributed by atoms with Crippen LogP contribution in [0.15, 0.2) is 24.3 Å². The van der Waals surface area contributed by atoms with E-state index in [4.69, 9.17) is 0 Å². The second-order valence-electron chi connectivity index (χ2n) is 4.60. The molecule has 0 spiro atoms. The highest BCUT2D eigenvalue weighted by atomic mass is 16.4. The van der Waals surface area contributed by atoms with E-state index >= 15 is 0 Å². The highest BCUT2D eigenvalue weighted by molar-refractivity contribution is 5.77. The molecule has 1 atom stereocenters. The van der Waals surface area contributed by atoms with Gasteiger partial charge in [0.1, 0.15) is 11.9 Å². The van der Waals surface area contributed by atoms with Gasteiger partial charge in [0.05, 0.1) is 17.6 Å². The average Bonchev–Trinajstić information content (AvgIpc) is 2.70. The minimum atomic E-state index is -0.828. The lowest BCUT2D eigenvalue weighted by Gasteiger charge is -2.16. The Morgan fingerprint density at radius 2 is 2.21 bits per heavy atom. The van der Waals surface area contributed by atoms with E-state index in [1.165, 1.54) is 0 Å². The quantitative estimate of drug-likeness (QED) is 0.832. The number of nitrogens with one attached hydrogen (secondary N) is 1. The average molecular weight is 261 g/mol. The molecule has 2 rings (SSSR count). The topological polar surface area (TPSA) is 67.2 Å². The molecule has 0 bridgehead atoms. The van der Waals surface area contributed by atoms with Crippen molar-refractivity contribution < 1.29 is 9.90 Å². The van der Waals surface area contributed by atoms with Crippen molar-refractivity contribution >= 4 is 17.0 Å². The zero-order valence-corrected chi connectivity index (χ0v) is 11.3. The minimum Gasteiger partial charge on any atom is -0.480 e. The van der Waals surface area contributed by atoms with Crippen molar-refractivity contribution in [2.75, 3.05) is 6.54 Å². The van der Waals surface area contributed by atoms with Crippen molar-refractivity contribution in [3.8, 4) is 0 Å². The van der Waals surface area contributed by atoms with Gasteiger partial charge in [-0.1, -0.05) is 19.1 Å². The van der Waals surface area contributed by atoms with E-state index in [0.29, 0.717) is 13.1 Å². The van der Waals surface area contributed by atoms with Crippen LogP contribution >= 0.6 is 0 Å². The predicted molar refractivity (Wildman–Crippen MR) is 74.2 cm³/mol. The Hall–Kier alpha value is -1.88. The number of hydrogen-bond donors (Lipinski definition) is 2. The number of hydrogen-bond acceptors (Lipinski definition) is 3. The molecule has 1 unspecified atom stereocenters. The fraction of sp³-hybridized carbons (Fsp3) is 0.429. The summed E-state index contributed by atoms with van der Waals surface area (Å²) in [4.78, 5) is 15.7. The SMILES string of the molecule is CCCNC(Cn1c(C)nc2ccccc21)C(=O)O. The highest BCUT2D eigenvalue weighted by Crippen LogP contribution is 2.15. The first-order valence-electron chi connectivity index (χ1n) is 6.51. The second-order valence-corrected chi connectivity index (χ2v) is 4.60. The molecule has 2 N–H and O–H groups in total. The Balaban J connectivity index is 2.28. The lowest BCUT2D eigenvalue weighted by Crippen LogP contribution is -2.40. The monoisotopic (exact) mass is 261 g/mol. The number of aliphatic carboxylic acids is 1. The van der Waals surface area contributed by atoms with Crippen LogP contribution in [-0.4, -0.2) is 33.2 Å². The molecule has 0 aliphatic rings. The van der Waals surface area contributed by atoms with Crippen LogP contribution in [0.3, 0.4) is 0 Å². The van der Waals surface area contributed by atoms with Crippen LogP contribution in [0.5, 0.6) is 0 Å². The lowest BCUT2D eigenvalue weighted by atomic mass is 10.2. The fourth-order valence-electron chi connectivity index (χ4n) is 2.16. The number of carbonyl (C=O) groups is 1. The number of para-hydroxylation sites is 2. The maximum Gasteiger partial charge on any atom is 0.322 e. The fourth-order valence-corrected chi connectivity index (χ4v) is 2.16. The number of benzene rings is 1. The molecule has 1 aromatic heterocycles. The van der Waals surface area contributed by atoms with Crippen molar-refractivity contribution in [1.29, 1.82) is 0 Å². The number of carboxylic acid groups (broad SMARTS) is 1. The van der Waals surface area contributed by atoms with Crippen molar-refractivity contribution in [3.63, 3.8) is 0 Å². The van der Waals surface area contributed by atoms with E-state index in [-0.39, 0.29) is 0 Å². The van der Waals surface area contributed by atoms with Crippen LogP contribution < -0.4 is 5.32 Å². The van der Waals surface area contributed by atoms with E-state index in [1.54, 1.807) is 0 Å². The third-order valence-corrected chi connectivity index (χ3v) is 3.15. The van der Waals surface area contributed by atoms with Gasteiger partial charge in [0.2, 0.25) is 0 Å². The Bertz CT molecular complexity index is 577. The van der Waals surface area contributed by atoms with Crippen LogP contribution in [0, 0.1) is 6.92 Å². The highest BCUT2D eigenvalue weighted by Gasteiger charge is 2.19. The first kappa shape index (κ1) is 13.5. The first-order valence-corrected chi connectivity index (χ1v) is 6.51. The Morgan fingerprint density at radius 1 is 1.47 bits per heavy atom. The Kier molecular flexibility index (Phi) is 4.16. The molecule has 0 saturated carbocycles. The number of imidazole rings is 1. The Labute approximate surface area is 112 Å². The predicted octanol–water partition coefficient (Wildman–Crippen LogP) is 1.80. The molecule has 5 heteroatoms. The van der Waals surface area contributed by atoms with E-state index in [9.17, 15) is 9.90 Å². The van der Waals surface area contributed by atoms with E-state index in [1.807, 2.05) is 42.7 Å². The normalized spacial score (nSPS) is 12.7. The van der Waals surface area contributed by atoms with Gasteiger partial charge in [-0.25, -0.2) is 4.98 Å². The zero-order chi connectivity index (χ0) is 13.8. The van der Waals surface area contributed by atoms with Gasteiger partial charge in [-0.15, -0.1) is 0 Å². The van der Waals surface area contributed by atoms with Crippen LogP contribution in [0.25, 0.3) is 11.0 Å². The van der Waals surface area contributed by atoms with E-state index < -0.39 is 12.0 Å². The maximum atomic E-state index is 11.3.